The van der Waals surface area contributed by atoms with Gasteiger partial charge in [-0.05, 0) is 17.9 Å². The van der Waals surface area contributed by atoms with Gasteiger partial charge >= 0.3 is 0 Å². The van der Waals surface area contributed by atoms with Gasteiger partial charge in [0.15, 0.2) is 0 Å². The van der Waals surface area contributed by atoms with E-state index in [0.717, 1.165) is 22.9 Å². The average molecular weight is 323 g/mol. The second-order valence-corrected chi connectivity index (χ2v) is 6.74. The fourth-order valence-electron chi connectivity index (χ4n) is 3.80. The summed E-state index contributed by atoms with van der Waals surface area (Å²) in [6.07, 6.45) is 1.13. The van der Waals surface area contributed by atoms with E-state index in [0.29, 0.717) is 19.6 Å². The number of carbonyl (C=O) groups excluding carboxylic acids is 2. The monoisotopic (exact) mass is 323 g/mol. The molecule has 2 atom stereocenters. The minimum atomic E-state index is -0.262. The van der Waals surface area contributed by atoms with Gasteiger partial charge in [-0.2, -0.15) is 0 Å². The lowest BCUT2D eigenvalue weighted by Crippen LogP contribution is -2.37. The largest absolute Gasteiger partial charge is 0.341 e. The number of likely N-dealkylation sites (tertiary alicyclic amines) is 1. The summed E-state index contributed by atoms with van der Waals surface area (Å²) in [6.45, 7) is 1.77. The molecule has 4 rings (SSSR count). The van der Waals surface area contributed by atoms with Gasteiger partial charge in [-0.25, -0.2) is 0 Å². The third-order valence-corrected chi connectivity index (χ3v) is 5.07. The Morgan fingerprint density at radius 3 is 2.67 bits per heavy atom. The third kappa shape index (κ3) is 2.55. The van der Waals surface area contributed by atoms with Gasteiger partial charge in [-0.1, -0.05) is 36.4 Å². The van der Waals surface area contributed by atoms with E-state index in [1.165, 1.54) is 0 Å². The van der Waals surface area contributed by atoms with Gasteiger partial charge in [0.25, 0.3) is 0 Å². The van der Waals surface area contributed by atoms with Crippen LogP contribution in [-0.4, -0.2) is 42.4 Å². The predicted molar refractivity (Wildman–Crippen MR) is 93.6 cm³/mol. The maximum Gasteiger partial charge on any atom is 0.228 e. The number of nitrogens with two attached hydrogens (primary N) is 1. The zero-order valence-corrected chi connectivity index (χ0v) is 13.5. The van der Waals surface area contributed by atoms with E-state index < -0.39 is 0 Å². The highest BCUT2D eigenvalue weighted by Gasteiger charge is 2.39. The van der Waals surface area contributed by atoms with Crippen molar-refractivity contribution in [1.82, 2.24) is 4.90 Å². The number of carbonyl (C=O) groups is 2. The Labute approximate surface area is 141 Å². The topological polar surface area (TPSA) is 66.6 Å². The van der Waals surface area contributed by atoms with Crippen LogP contribution in [0, 0.1) is 5.92 Å². The SMILES string of the molecule is N[C@@H]1CCN(C(=O)C2CC(=O)N(c3cccc4ccccc34)C2)C1. The Morgan fingerprint density at radius 1 is 1.08 bits per heavy atom. The van der Waals surface area contributed by atoms with Crippen LogP contribution in [0.15, 0.2) is 42.5 Å². The van der Waals surface area contributed by atoms with Gasteiger partial charge in [0.1, 0.15) is 0 Å². The maximum atomic E-state index is 12.7. The summed E-state index contributed by atoms with van der Waals surface area (Å²) in [7, 11) is 0. The number of nitrogens with zero attached hydrogens (tertiary/aromatic N) is 2. The predicted octanol–water partition coefficient (Wildman–Crippen LogP) is 1.75. The molecule has 0 spiro atoms. The van der Waals surface area contributed by atoms with Gasteiger partial charge < -0.3 is 15.5 Å². The van der Waals surface area contributed by atoms with Crippen molar-refractivity contribution in [2.75, 3.05) is 24.5 Å². The van der Waals surface area contributed by atoms with E-state index in [1.54, 1.807) is 4.90 Å². The van der Waals surface area contributed by atoms with Crippen molar-refractivity contribution < 1.29 is 9.59 Å². The Hall–Kier alpha value is -2.40. The number of hydrogen-bond acceptors (Lipinski definition) is 3. The summed E-state index contributed by atoms with van der Waals surface area (Å²) in [6, 6.07) is 14.0. The minimum absolute atomic E-state index is 0.0215. The lowest BCUT2D eigenvalue weighted by Gasteiger charge is -2.21. The summed E-state index contributed by atoms with van der Waals surface area (Å²) in [5.74, 6) is -0.172. The number of rotatable bonds is 2. The Morgan fingerprint density at radius 2 is 1.88 bits per heavy atom. The van der Waals surface area contributed by atoms with E-state index in [4.69, 9.17) is 5.73 Å². The highest BCUT2D eigenvalue weighted by atomic mass is 16.2. The zero-order valence-electron chi connectivity index (χ0n) is 13.5. The Bertz CT molecular complexity index is 799. The molecule has 1 unspecified atom stereocenters. The summed E-state index contributed by atoms with van der Waals surface area (Å²) in [5, 5.41) is 2.15. The molecule has 2 saturated heterocycles. The van der Waals surface area contributed by atoms with E-state index >= 15 is 0 Å². The molecule has 2 amide bonds. The first-order chi connectivity index (χ1) is 11.6. The molecule has 2 aromatic carbocycles. The summed E-state index contributed by atoms with van der Waals surface area (Å²) in [4.78, 5) is 28.8. The van der Waals surface area contributed by atoms with E-state index in [-0.39, 0.29) is 30.2 Å². The number of amides is 2. The van der Waals surface area contributed by atoms with Crippen LogP contribution < -0.4 is 10.6 Å². The van der Waals surface area contributed by atoms with Crippen molar-refractivity contribution in [3.8, 4) is 0 Å². The number of fused-ring (bicyclic) bond motifs is 1. The van der Waals surface area contributed by atoms with Crippen LogP contribution >= 0.6 is 0 Å². The molecule has 0 aromatic heterocycles. The molecular formula is C19H21N3O2. The van der Waals surface area contributed by atoms with Crippen LogP contribution in [0.1, 0.15) is 12.8 Å². The van der Waals surface area contributed by atoms with Crippen LogP contribution in [0.25, 0.3) is 10.8 Å². The molecular weight excluding hydrogens is 302 g/mol. The van der Waals surface area contributed by atoms with Crippen molar-refractivity contribution >= 4 is 28.3 Å². The number of anilines is 1. The van der Waals surface area contributed by atoms with E-state index in [2.05, 4.69) is 0 Å². The molecule has 5 heteroatoms. The minimum Gasteiger partial charge on any atom is -0.341 e. The van der Waals surface area contributed by atoms with E-state index in [9.17, 15) is 9.59 Å². The number of benzene rings is 2. The molecule has 2 heterocycles. The molecule has 2 N–H and O–H groups in total. The molecule has 124 valence electrons. The maximum absolute atomic E-state index is 12.7. The standard InChI is InChI=1S/C19H21N3O2/c20-15-8-9-21(12-15)19(24)14-10-18(23)22(11-14)17-7-3-5-13-4-1-2-6-16(13)17/h1-7,14-15H,8-12,20H2/t14?,15-/m1/s1. The molecule has 5 nitrogen and oxygen atoms in total. The molecule has 2 aliphatic heterocycles. The van der Waals surface area contributed by atoms with Gasteiger partial charge in [0.05, 0.1) is 11.6 Å². The molecule has 2 aromatic rings. The van der Waals surface area contributed by atoms with Crippen LogP contribution in [0.4, 0.5) is 5.69 Å². The first-order valence-corrected chi connectivity index (χ1v) is 8.46. The molecule has 2 fully saturated rings. The van der Waals surface area contributed by atoms with Crippen molar-refractivity contribution in [3.05, 3.63) is 42.5 Å². The molecule has 24 heavy (non-hydrogen) atoms. The van der Waals surface area contributed by atoms with Crippen molar-refractivity contribution in [2.45, 2.75) is 18.9 Å². The van der Waals surface area contributed by atoms with Crippen LogP contribution in [0.3, 0.4) is 0 Å². The second kappa shape index (κ2) is 5.91. The van der Waals surface area contributed by atoms with Gasteiger partial charge in [-0.15, -0.1) is 0 Å². The lowest BCUT2D eigenvalue weighted by atomic mass is 10.1. The zero-order chi connectivity index (χ0) is 16.7. The van der Waals surface area contributed by atoms with E-state index in [1.807, 2.05) is 47.4 Å². The quantitative estimate of drug-likeness (QED) is 0.915. The van der Waals surface area contributed by atoms with Gasteiger partial charge in [-0.3, -0.25) is 9.59 Å². The average Bonchev–Trinajstić information content (AvgIpc) is 3.20. The first kappa shape index (κ1) is 15.1. The lowest BCUT2D eigenvalue weighted by molar-refractivity contribution is -0.134. The second-order valence-electron chi connectivity index (χ2n) is 6.74. The highest BCUT2D eigenvalue weighted by molar-refractivity contribution is 6.07. The molecule has 0 radical (unpaired) electrons. The van der Waals surface area contributed by atoms with Crippen LogP contribution in [0.2, 0.25) is 0 Å². The van der Waals surface area contributed by atoms with Crippen LogP contribution in [-0.2, 0) is 9.59 Å². The van der Waals surface area contributed by atoms with Crippen LogP contribution in [0.5, 0.6) is 0 Å². The summed E-state index contributed by atoms with van der Waals surface area (Å²) >= 11 is 0. The smallest absolute Gasteiger partial charge is 0.228 e. The molecule has 0 bridgehead atoms. The number of hydrogen-bond donors (Lipinski definition) is 1. The fraction of sp³-hybridized carbons (Fsp3) is 0.368. The van der Waals surface area contributed by atoms with Gasteiger partial charge in [0, 0.05) is 37.5 Å². The Kier molecular flexibility index (Phi) is 3.73. The molecule has 0 aliphatic carbocycles. The summed E-state index contributed by atoms with van der Waals surface area (Å²) in [5.41, 5.74) is 6.79. The molecule has 0 saturated carbocycles. The fourth-order valence-corrected chi connectivity index (χ4v) is 3.80. The Balaban J connectivity index is 1.59. The van der Waals surface area contributed by atoms with Crippen molar-refractivity contribution in [1.29, 1.82) is 0 Å². The molecule has 2 aliphatic rings. The first-order valence-electron chi connectivity index (χ1n) is 8.46. The highest BCUT2D eigenvalue weighted by Crippen LogP contribution is 2.32. The van der Waals surface area contributed by atoms with Crippen molar-refractivity contribution in [3.63, 3.8) is 0 Å². The summed E-state index contributed by atoms with van der Waals surface area (Å²) < 4.78 is 0. The van der Waals surface area contributed by atoms with Gasteiger partial charge in [0.2, 0.25) is 11.8 Å². The normalized spacial score (nSPS) is 24.1. The third-order valence-electron chi connectivity index (χ3n) is 5.07. The van der Waals surface area contributed by atoms with Crippen molar-refractivity contribution in [2.24, 2.45) is 11.7 Å².